The molecule has 0 amide bonds. The summed E-state index contributed by atoms with van der Waals surface area (Å²) >= 11 is 0. The summed E-state index contributed by atoms with van der Waals surface area (Å²) in [4.78, 5) is 11.6. The van der Waals surface area contributed by atoms with Crippen molar-refractivity contribution in [2.24, 2.45) is 0 Å². The van der Waals surface area contributed by atoms with Crippen LogP contribution < -0.4 is 0 Å². The third-order valence-electron chi connectivity index (χ3n) is 8.05. The molecule has 0 unspecified atom stereocenters. The molecule has 4 saturated heterocycles. The first-order valence-corrected chi connectivity index (χ1v) is 13.7. The van der Waals surface area contributed by atoms with Crippen molar-refractivity contribution in [2.75, 3.05) is 0 Å². The Morgan fingerprint density at radius 1 is 0.465 bits per heavy atom. The molecule has 4 aliphatic rings. The molecule has 0 aromatic heterocycles. The van der Waals surface area contributed by atoms with Gasteiger partial charge in [0, 0.05) is 0 Å². The minimum atomic E-state index is -2.09. The van der Waals surface area contributed by atoms with Gasteiger partial charge in [0.2, 0.25) is 0 Å². The predicted molar refractivity (Wildman–Crippen MR) is 130 cm³/mol. The van der Waals surface area contributed by atoms with Crippen LogP contribution in [0, 0.1) is 0 Å². The van der Waals surface area contributed by atoms with Crippen LogP contribution in [0.3, 0.4) is 0 Å². The molecular weight excluding hydrogens is 592 g/mol. The molecule has 43 heavy (non-hydrogen) atoms. The molecule has 0 aromatic rings. The molecule has 250 valence electrons. The Hall–Kier alpha value is -1.21. The van der Waals surface area contributed by atoms with Gasteiger partial charge in [-0.3, -0.25) is 0 Å². The van der Waals surface area contributed by atoms with Gasteiger partial charge in [-0.05, 0) is 20.8 Å². The fourth-order valence-electron chi connectivity index (χ4n) is 5.32. The fraction of sp³-hybridized carbons (Fsp3) is 0.958. The van der Waals surface area contributed by atoms with Gasteiger partial charge in [-0.1, -0.05) is 0 Å². The van der Waals surface area contributed by atoms with Crippen LogP contribution in [-0.4, -0.2) is 185 Å². The van der Waals surface area contributed by atoms with Crippen molar-refractivity contribution in [2.45, 2.75) is 144 Å². The van der Waals surface area contributed by atoms with Crippen molar-refractivity contribution in [1.29, 1.82) is 0 Å². The average molecular weight is 633 g/mol. The maximum Gasteiger partial charge on any atom is 0.335 e. The zero-order chi connectivity index (χ0) is 32.1. The largest absolute Gasteiger partial charge is 0.479 e. The summed E-state index contributed by atoms with van der Waals surface area (Å²) in [5, 5.41) is 113. The van der Waals surface area contributed by atoms with Crippen LogP contribution in [0.2, 0.25) is 0 Å². The van der Waals surface area contributed by atoms with Gasteiger partial charge >= 0.3 is 5.97 Å². The van der Waals surface area contributed by atoms with Crippen molar-refractivity contribution in [3.63, 3.8) is 0 Å². The molecular formula is C24H40O19. The van der Waals surface area contributed by atoms with Crippen LogP contribution >= 0.6 is 0 Å². The highest BCUT2D eigenvalue weighted by molar-refractivity contribution is 5.73. The number of rotatable bonds is 7. The zero-order valence-corrected chi connectivity index (χ0v) is 23.2. The number of hydrogen-bond acceptors (Lipinski definition) is 18. The number of carboxylic acids is 1. The maximum absolute atomic E-state index is 11.6. The summed E-state index contributed by atoms with van der Waals surface area (Å²) in [7, 11) is 0. The molecule has 0 saturated carbocycles. The van der Waals surface area contributed by atoms with Crippen molar-refractivity contribution < 1.29 is 94.1 Å². The topological polar surface area (TPSA) is 304 Å². The van der Waals surface area contributed by atoms with Crippen molar-refractivity contribution >= 4 is 5.97 Å². The Morgan fingerprint density at radius 3 is 1.51 bits per heavy atom. The zero-order valence-electron chi connectivity index (χ0n) is 23.2. The van der Waals surface area contributed by atoms with E-state index in [2.05, 4.69) is 0 Å². The molecule has 19 nitrogen and oxygen atoms in total. The normalized spacial score (nSPS) is 54.7. The number of carbonyl (C=O) groups is 1. The van der Waals surface area contributed by atoms with E-state index in [1.165, 1.54) is 20.8 Å². The number of aliphatic hydroxyl groups excluding tert-OH is 10. The molecule has 0 radical (unpaired) electrons. The molecule has 0 spiro atoms. The molecule has 4 fully saturated rings. The smallest absolute Gasteiger partial charge is 0.335 e. The SMILES string of the molecule is C[C@H]1O[C@H](O[C@H]2[C@@H](O)[C@@H](C)O[C@H](O[C@H]3[C@@H](O)[C@@H](C)O[C@H](O)[C@@H]3O)[C@@H]2O[C@H]2O[C@H](C(=O)O)[C@@H](O)[C@H](O)[C@H]2O)[C@H](O)[C@@H](O)[C@H]1O. The standard InChI is InChI=1S/C24H40O19/c1-4-7(25)10(28)13(31)22(38-4)41-17-9(27)6(3)39-24(40-16-8(26)5(2)37-21(36)15(16)33)19(17)43-23-14(32)11(29)12(30)18(42-23)20(34)35/h4-19,21-33,36H,1-3H3,(H,34,35)/t4-,5-,6-,7+,8+,9+,10+,11+,12+,13-,14-,15-,16+,17+,18+,19-,21+,22-,23-,24-/m1/s1. The Kier molecular flexibility index (Phi) is 11.0. The summed E-state index contributed by atoms with van der Waals surface area (Å²) in [6.45, 7) is 4.09. The number of hydrogen-bond donors (Lipinski definition) is 11. The van der Waals surface area contributed by atoms with E-state index in [0.29, 0.717) is 0 Å². The highest BCUT2D eigenvalue weighted by Crippen LogP contribution is 2.35. The average Bonchev–Trinajstić information content (AvgIpc) is 2.95. The third kappa shape index (κ3) is 6.83. The van der Waals surface area contributed by atoms with Crippen molar-refractivity contribution in [3.8, 4) is 0 Å². The summed E-state index contributed by atoms with van der Waals surface area (Å²) in [5.41, 5.74) is 0. The number of aliphatic carboxylic acids is 1. The van der Waals surface area contributed by atoms with Gasteiger partial charge < -0.3 is 89.3 Å². The Balaban J connectivity index is 1.68. The van der Waals surface area contributed by atoms with Gasteiger partial charge in [0.05, 0.1) is 18.3 Å². The first-order valence-electron chi connectivity index (χ1n) is 13.7. The second-order valence-corrected chi connectivity index (χ2v) is 11.1. The first kappa shape index (κ1) is 34.7. The minimum Gasteiger partial charge on any atom is -0.479 e. The van der Waals surface area contributed by atoms with Gasteiger partial charge in [0.25, 0.3) is 0 Å². The lowest BCUT2D eigenvalue weighted by Crippen LogP contribution is -2.68. The number of aliphatic hydroxyl groups is 10. The molecule has 0 aliphatic carbocycles. The molecule has 20 atom stereocenters. The van der Waals surface area contributed by atoms with Crippen LogP contribution in [0.25, 0.3) is 0 Å². The lowest BCUT2D eigenvalue weighted by molar-refractivity contribution is -0.400. The second kappa shape index (κ2) is 13.6. The van der Waals surface area contributed by atoms with Crippen molar-refractivity contribution in [1.82, 2.24) is 0 Å². The number of carboxylic acid groups (broad SMARTS) is 1. The van der Waals surface area contributed by atoms with E-state index >= 15 is 0 Å². The molecule has 11 N–H and O–H groups in total. The van der Waals surface area contributed by atoms with Gasteiger partial charge in [-0.25, -0.2) is 4.79 Å². The second-order valence-electron chi connectivity index (χ2n) is 11.1. The first-order chi connectivity index (χ1) is 20.0. The summed E-state index contributed by atoms with van der Waals surface area (Å²) < 4.78 is 38.7. The fourth-order valence-corrected chi connectivity index (χ4v) is 5.32. The Morgan fingerprint density at radius 2 is 0.907 bits per heavy atom. The van der Waals surface area contributed by atoms with E-state index in [4.69, 9.17) is 33.2 Å². The van der Waals surface area contributed by atoms with Crippen LogP contribution in [-0.2, 0) is 38.0 Å². The summed E-state index contributed by atoms with van der Waals surface area (Å²) in [6.07, 6.45) is -34.4. The van der Waals surface area contributed by atoms with E-state index < -0.39 is 129 Å². The summed E-state index contributed by atoms with van der Waals surface area (Å²) in [6, 6.07) is 0. The van der Waals surface area contributed by atoms with Gasteiger partial charge in [0.1, 0.15) is 73.2 Å². The van der Waals surface area contributed by atoms with Gasteiger partial charge in [-0.15, -0.1) is 0 Å². The van der Waals surface area contributed by atoms with Gasteiger partial charge in [0.15, 0.2) is 31.3 Å². The van der Waals surface area contributed by atoms with Gasteiger partial charge in [-0.2, -0.15) is 0 Å². The molecule has 19 heteroatoms. The van der Waals surface area contributed by atoms with Crippen LogP contribution in [0.1, 0.15) is 20.8 Å². The molecule has 0 aromatic carbocycles. The van der Waals surface area contributed by atoms with Crippen LogP contribution in [0.4, 0.5) is 0 Å². The predicted octanol–water partition coefficient (Wildman–Crippen LogP) is -6.57. The molecule has 0 bridgehead atoms. The van der Waals surface area contributed by atoms with Crippen LogP contribution in [0.5, 0.6) is 0 Å². The molecule has 4 rings (SSSR count). The summed E-state index contributed by atoms with van der Waals surface area (Å²) in [5.74, 6) is -1.72. The monoisotopic (exact) mass is 632 g/mol. The minimum absolute atomic E-state index is 1.06. The Bertz CT molecular complexity index is 928. The molecule has 4 heterocycles. The highest BCUT2D eigenvalue weighted by atomic mass is 16.8. The van der Waals surface area contributed by atoms with E-state index in [0.717, 1.165) is 0 Å². The number of ether oxygens (including phenoxy) is 7. The lowest BCUT2D eigenvalue weighted by Gasteiger charge is -2.50. The van der Waals surface area contributed by atoms with Crippen molar-refractivity contribution in [3.05, 3.63) is 0 Å². The maximum atomic E-state index is 11.6. The van der Waals surface area contributed by atoms with E-state index in [1.54, 1.807) is 0 Å². The van der Waals surface area contributed by atoms with Crippen LogP contribution in [0.15, 0.2) is 0 Å². The molecule has 4 aliphatic heterocycles. The Labute approximate surface area is 244 Å². The lowest BCUT2D eigenvalue weighted by atomic mass is 9.95. The quantitative estimate of drug-likeness (QED) is 0.124. The highest BCUT2D eigenvalue weighted by Gasteiger charge is 2.56. The van der Waals surface area contributed by atoms with E-state index in [1.807, 2.05) is 0 Å². The third-order valence-corrected chi connectivity index (χ3v) is 8.05. The van der Waals surface area contributed by atoms with E-state index in [-0.39, 0.29) is 0 Å². The van der Waals surface area contributed by atoms with E-state index in [9.17, 15) is 61.0 Å².